The minimum Gasteiger partial charge on any atom is -0.326 e. The number of fused-ring (bicyclic) bond motifs is 1. The van der Waals surface area contributed by atoms with Gasteiger partial charge in [-0.2, -0.15) is 0 Å². The predicted octanol–water partition coefficient (Wildman–Crippen LogP) is 4.80. The summed E-state index contributed by atoms with van der Waals surface area (Å²) in [7, 11) is 0. The first-order valence-corrected chi connectivity index (χ1v) is 9.44. The molecule has 26 heavy (non-hydrogen) atoms. The fraction of sp³-hybridized carbons (Fsp3) is 0.364. The Bertz CT molecular complexity index is 810. The first-order valence-electron chi connectivity index (χ1n) is 9.44. The Morgan fingerprint density at radius 2 is 1.65 bits per heavy atom. The molecule has 3 rings (SSSR count). The predicted molar refractivity (Wildman–Crippen MR) is 106 cm³/mol. The molecule has 0 atom stereocenters. The number of benzene rings is 2. The zero-order valence-electron chi connectivity index (χ0n) is 15.5. The van der Waals surface area contributed by atoms with Crippen LogP contribution in [0, 0.1) is 5.92 Å². The van der Waals surface area contributed by atoms with Gasteiger partial charge in [-0.3, -0.25) is 9.59 Å². The molecule has 0 heterocycles. The van der Waals surface area contributed by atoms with E-state index in [9.17, 15) is 9.59 Å². The lowest BCUT2D eigenvalue weighted by Gasteiger charge is -2.13. The summed E-state index contributed by atoms with van der Waals surface area (Å²) in [6, 6.07) is 13.2. The van der Waals surface area contributed by atoms with E-state index < -0.39 is 0 Å². The zero-order chi connectivity index (χ0) is 18.5. The van der Waals surface area contributed by atoms with Crippen LogP contribution in [0.3, 0.4) is 0 Å². The van der Waals surface area contributed by atoms with E-state index in [1.54, 1.807) is 18.2 Å². The van der Waals surface area contributed by atoms with Crippen LogP contribution >= 0.6 is 0 Å². The van der Waals surface area contributed by atoms with Gasteiger partial charge in [-0.05, 0) is 73.6 Å². The van der Waals surface area contributed by atoms with Crippen molar-refractivity contribution in [3.8, 4) is 0 Å². The second-order valence-electron chi connectivity index (χ2n) is 6.87. The Hall–Kier alpha value is -2.62. The van der Waals surface area contributed by atoms with Crippen LogP contribution in [0.1, 0.15) is 54.6 Å². The highest BCUT2D eigenvalue weighted by atomic mass is 16.2. The van der Waals surface area contributed by atoms with Crippen LogP contribution in [-0.2, 0) is 17.6 Å². The molecule has 136 valence electrons. The van der Waals surface area contributed by atoms with Gasteiger partial charge in [-0.25, -0.2) is 0 Å². The normalized spacial score (nSPS) is 12.7. The summed E-state index contributed by atoms with van der Waals surface area (Å²) >= 11 is 0. The molecule has 2 N–H and O–H groups in total. The molecular formula is C22H26N2O2. The molecule has 0 aromatic heterocycles. The van der Waals surface area contributed by atoms with E-state index in [4.69, 9.17) is 0 Å². The third kappa shape index (κ3) is 4.13. The molecule has 0 unspecified atom stereocenters. The van der Waals surface area contributed by atoms with Gasteiger partial charge < -0.3 is 10.6 Å². The molecule has 4 nitrogen and oxygen atoms in total. The summed E-state index contributed by atoms with van der Waals surface area (Å²) in [5.74, 6) is -0.161. The first-order chi connectivity index (χ1) is 12.6. The van der Waals surface area contributed by atoms with Crippen molar-refractivity contribution in [1.82, 2.24) is 0 Å². The van der Waals surface area contributed by atoms with Crippen molar-refractivity contribution >= 4 is 23.2 Å². The molecule has 0 bridgehead atoms. The van der Waals surface area contributed by atoms with Gasteiger partial charge in [0.1, 0.15) is 0 Å². The standard InChI is InChI=1S/C22H26N2O2/c1-3-15(4-2)21(25)23-19-10-6-9-18(14-19)22(26)24-20-12-11-16-7-5-8-17(16)13-20/h6,9-15H,3-5,7-8H2,1-2H3,(H,23,25)(H,24,26). The van der Waals surface area contributed by atoms with Crippen molar-refractivity contribution in [3.05, 3.63) is 59.2 Å². The highest BCUT2D eigenvalue weighted by molar-refractivity contribution is 6.05. The summed E-state index contributed by atoms with van der Waals surface area (Å²) in [4.78, 5) is 24.8. The van der Waals surface area contributed by atoms with Gasteiger partial charge >= 0.3 is 0 Å². The van der Waals surface area contributed by atoms with E-state index in [0.717, 1.165) is 31.4 Å². The van der Waals surface area contributed by atoms with Crippen LogP contribution < -0.4 is 10.6 Å². The number of amides is 2. The van der Waals surface area contributed by atoms with Crippen molar-refractivity contribution < 1.29 is 9.59 Å². The molecular weight excluding hydrogens is 324 g/mol. The van der Waals surface area contributed by atoms with Gasteiger partial charge in [0.2, 0.25) is 5.91 Å². The Balaban J connectivity index is 1.69. The second-order valence-corrected chi connectivity index (χ2v) is 6.87. The van der Waals surface area contributed by atoms with Crippen molar-refractivity contribution in [2.45, 2.75) is 46.0 Å². The van der Waals surface area contributed by atoms with E-state index in [1.807, 2.05) is 26.0 Å². The molecule has 2 amide bonds. The van der Waals surface area contributed by atoms with Gasteiger partial charge in [0.25, 0.3) is 5.91 Å². The van der Waals surface area contributed by atoms with Crippen LogP contribution in [0.15, 0.2) is 42.5 Å². The molecule has 2 aromatic rings. The summed E-state index contributed by atoms with van der Waals surface area (Å²) in [6.07, 6.45) is 5.01. The minimum absolute atomic E-state index is 0.00102. The van der Waals surface area contributed by atoms with Crippen LogP contribution in [-0.4, -0.2) is 11.8 Å². The maximum atomic E-state index is 12.6. The molecule has 0 aliphatic heterocycles. The summed E-state index contributed by atoms with van der Waals surface area (Å²) < 4.78 is 0. The molecule has 0 saturated carbocycles. The third-order valence-corrected chi connectivity index (χ3v) is 5.11. The van der Waals surface area contributed by atoms with E-state index in [2.05, 4.69) is 22.8 Å². The Morgan fingerprint density at radius 3 is 2.42 bits per heavy atom. The number of nitrogens with one attached hydrogen (secondary N) is 2. The molecule has 1 aliphatic carbocycles. The zero-order valence-corrected chi connectivity index (χ0v) is 15.5. The SMILES string of the molecule is CCC(CC)C(=O)Nc1cccc(C(=O)Nc2ccc3c(c2)CCC3)c1. The monoisotopic (exact) mass is 350 g/mol. The van der Waals surface area contributed by atoms with Gasteiger partial charge in [0, 0.05) is 22.9 Å². The molecule has 0 fully saturated rings. The number of carbonyl (C=O) groups is 2. The molecule has 2 aromatic carbocycles. The van der Waals surface area contributed by atoms with Crippen LogP contribution in [0.2, 0.25) is 0 Å². The molecule has 1 aliphatic rings. The average Bonchev–Trinajstić information content (AvgIpc) is 3.10. The lowest BCUT2D eigenvalue weighted by Crippen LogP contribution is -2.22. The van der Waals surface area contributed by atoms with E-state index >= 15 is 0 Å². The topological polar surface area (TPSA) is 58.2 Å². The molecule has 4 heteroatoms. The summed E-state index contributed by atoms with van der Waals surface area (Å²) in [6.45, 7) is 4.02. The maximum absolute atomic E-state index is 12.6. The average molecular weight is 350 g/mol. The first kappa shape index (κ1) is 18.2. The molecule has 0 spiro atoms. The summed E-state index contributed by atoms with van der Waals surface area (Å²) in [5.41, 5.74) is 4.72. The van der Waals surface area contributed by atoms with Crippen molar-refractivity contribution in [2.24, 2.45) is 5.92 Å². The van der Waals surface area contributed by atoms with Crippen molar-refractivity contribution in [2.75, 3.05) is 10.6 Å². The van der Waals surface area contributed by atoms with Gasteiger partial charge in [0.15, 0.2) is 0 Å². The summed E-state index contributed by atoms with van der Waals surface area (Å²) in [5, 5.41) is 5.88. The smallest absolute Gasteiger partial charge is 0.255 e. The number of hydrogen-bond donors (Lipinski definition) is 2. The fourth-order valence-corrected chi connectivity index (χ4v) is 3.49. The molecule has 0 saturated heterocycles. The van der Waals surface area contributed by atoms with Gasteiger partial charge in [-0.1, -0.05) is 26.0 Å². The van der Waals surface area contributed by atoms with Gasteiger partial charge in [0.05, 0.1) is 0 Å². The number of anilines is 2. The highest BCUT2D eigenvalue weighted by Crippen LogP contribution is 2.25. The quantitative estimate of drug-likeness (QED) is 0.786. The van der Waals surface area contributed by atoms with E-state index in [0.29, 0.717) is 11.3 Å². The number of rotatable bonds is 6. The number of hydrogen-bond acceptors (Lipinski definition) is 2. The Kier molecular flexibility index (Phi) is 5.71. The van der Waals surface area contributed by atoms with Crippen LogP contribution in [0.4, 0.5) is 11.4 Å². The number of carbonyl (C=O) groups excluding carboxylic acids is 2. The largest absolute Gasteiger partial charge is 0.326 e. The minimum atomic E-state index is -0.165. The Morgan fingerprint density at radius 1 is 0.923 bits per heavy atom. The number of aryl methyl sites for hydroxylation is 2. The second kappa shape index (κ2) is 8.17. The van der Waals surface area contributed by atoms with Crippen molar-refractivity contribution in [3.63, 3.8) is 0 Å². The third-order valence-electron chi connectivity index (χ3n) is 5.11. The van der Waals surface area contributed by atoms with E-state index in [1.165, 1.54) is 17.5 Å². The van der Waals surface area contributed by atoms with Crippen molar-refractivity contribution in [1.29, 1.82) is 0 Å². The van der Waals surface area contributed by atoms with Crippen LogP contribution in [0.25, 0.3) is 0 Å². The van der Waals surface area contributed by atoms with Crippen LogP contribution in [0.5, 0.6) is 0 Å². The Labute approximate surface area is 155 Å². The maximum Gasteiger partial charge on any atom is 0.255 e. The van der Waals surface area contributed by atoms with Gasteiger partial charge in [-0.15, -0.1) is 0 Å². The molecule has 0 radical (unpaired) electrons. The fourth-order valence-electron chi connectivity index (χ4n) is 3.49. The van der Waals surface area contributed by atoms with E-state index in [-0.39, 0.29) is 17.7 Å². The lowest BCUT2D eigenvalue weighted by atomic mass is 10.0. The lowest BCUT2D eigenvalue weighted by molar-refractivity contribution is -0.120. The highest BCUT2D eigenvalue weighted by Gasteiger charge is 2.16.